The topological polar surface area (TPSA) is 154 Å². The number of aromatic hydroxyl groups is 1. The minimum absolute atomic E-state index is 0.0415. The van der Waals surface area contributed by atoms with E-state index in [0.29, 0.717) is 0 Å². The quantitative estimate of drug-likeness (QED) is 0.430. The van der Waals surface area contributed by atoms with Gasteiger partial charge in [0.25, 0.3) is 0 Å². The zero-order valence-corrected chi connectivity index (χ0v) is 15.1. The number of nitrogens with zero attached hydrogens (tertiary/aromatic N) is 1. The predicted octanol–water partition coefficient (Wildman–Crippen LogP) is -0.266. The van der Waals surface area contributed by atoms with Gasteiger partial charge in [0.15, 0.2) is 0 Å². The van der Waals surface area contributed by atoms with Gasteiger partial charge in [-0.15, -0.1) is 0 Å². The van der Waals surface area contributed by atoms with Gasteiger partial charge >= 0.3 is 19.2 Å². The number of carboxylic acids is 1. The fourth-order valence-corrected chi connectivity index (χ4v) is 3.48. The Labute approximate surface area is 158 Å². The molecule has 1 fully saturated rings. The summed E-state index contributed by atoms with van der Waals surface area (Å²) in [6, 6.07) is 2.74. The molecule has 10 nitrogen and oxygen atoms in total. The van der Waals surface area contributed by atoms with Gasteiger partial charge in [0, 0.05) is 5.15 Å². The maximum atomic E-state index is 12.0. The molecular weight excluding hydrogens is 381 g/mol. The summed E-state index contributed by atoms with van der Waals surface area (Å²) in [5.41, 5.74) is -0.297. The van der Waals surface area contributed by atoms with E-state index in [1.807, 2.05) is 0 Å². The maximum Gasteiger partial charge on any atom is 0.465 e. The molecular formula is C15H18BNO9S. The summed E-state index contributed by atoms with van der Waals surface area (Å²) < 4.78 is 9.57. The van der Waals surface area contributed by atoms with E-state index >= 15 is 0 Å². The number of thioether (sulfide) groups is 1. The molecule has 0 aromatic heterocycles. The lowest BCUT2D eigenvalue weighted by Gasteiger charge is -2.18. The number of carbonyl (C=O) groups is 3. The Hall–Kier alpha value is -2.44. The number of hydrogen-bond acceptors (Lipinski definition) is 9. The number of ether oxygens (including phenoxy) is 2. The van der Waals surface area contributed by atoms with E-state index < -0.39 is 41.6 Å². The van der Waals surface area contributed by atoms with Gasteiger partial charge in [0.1, 0.15) is 23.7 Å². The minimum Gasteiger partial charge on any atom is -0.507 e. The van der Waals surface area contributed by atoms with Crippen molar-refractivity contribution in [2.75, 3.05) is 26.0 Å². The summed E-state index contributed by atoms with van der Waals surface area (Å²) in [4.78, 5) is 35.6. The minimum atomic E-state index is -1.84. The Bertz CT molecular complexity index is 742. The zero-order chi connectivity index (χ0) is 20.1. The molecule has 27 heavy (non-hydrogen) atoms. The highest BCUT2D eigenvalue weighted by atomic mass is 32.2. The summed E-state index contributed by atoms with van der Waals surface area (Å²) >= 11 is 0.866. The van der Waals surface area contributed by atoms with Crippen LogP contribution in [0.4, 0.5) is 4.79 Å². The molecule has 1 heterocycles. The largest absolute Gasteiger partial charge is 0.507 e. The second-order valence-electron chi connectivity index (χ2n) is 5.58. The number of phenols is 1. The van der Waals surface area contributed by atoms with Crippen molar-refractivity contribution in [3.63, 3.8) is 0 Å². The highest BCUT2D eigenvalue weighted by molar-refractivity contribution is 8.01. The van der Waals surface area contributed by atoms with Crippen molar-refractivity contribution in [1.29, 1.82) is 0 Å². The monoisotopic (exact) mass is 399 g/mol. The van der Waals surface area contributed by atoms with E-state index in [-0.39, 0.29) is 36.6 Å². The normalized spacial score (nSPS) is 14.6. The molecule has 12 heteroatoms. The smallest absolute Gasteiger partial charge is 0.465 e. The van der Waals surface area contributed by atoms with Gasteiger partial charge in [0.2, 0.25) is 5.91 Å². The van der Waals surface area contributed by atoms with E-state index in [1.54, 1.807) is 0 Å². The molecule has 0 bridgehead atoms. The number of carboxylic acid groups (broad SMARTS) is 1. The van der Waals surface area contributed by atoms with Gasteiger partial charge in [-0.25, -0.2) is 14.5 Å². The molecule has 0 spiro atoms. The van der Waals surface area contributed by atoms with Crippen molar-refractivity contribution in [1.82, 2.24) is 4.90 Å². The van der Waals surface area contributed by atoms with Crippen molar-refractivity contribution in [2.45, 2.75) is 11.6 Å². The van der Waals surface area contributed by atoms with Crippen molar-refractivity contribution >= 4 is 36.9 Å². The lowest BCUT2D eigenvalue weighted by atomic mass is 9.81. The first kappa shape index (κ1) is 20.9. The molecule has 0 radical (unpaired) electrons. The first-order chi connectivity index (χ1) is 12.8. The molecule has 1 atom stereocenters. The Balaban J connectivity index is 2.12. The van der Waals surface area contributed by atoms with Crippen LogP contribution in [-0.4, -0.2) is 81.4 Å². The molecule has 146 valence electrons. The van der Waals surface area contributed by atoms with Gasteiger partial charge in [0.05, 0.1) is 19.4 Å². The number of methoxy groups -OCH3 is 1. The van der Waals surface area contributed by atoms with Crippen LogP contribution < -0.4 is 4.74 Å². The van der Waals surface area contributed by atoms with Crippen LogP contribution in [-0.2, 0) is 16.0 Å². The van der Waals surface area contributed by atoms with Crippen LogP contribution in [0.15, 0.2) is 12.1 Å². The van der Waals surface area contributed by atoms with Gasteiger partial charge in [-0.2, -0.15) is 11.8 Å². The maximum absolute atomic E-state index is 12.0. The van der Waals surface area contributed by atoms with Crippen molar-refractivity contribution in [3.8, 4) is 11.5 Å². The first-order valence-corrected chi connectivity index (χ1v) is 8.88. The third-order valence-corrected chi connectivity index (χ3v) is 5.15. The second kappa shape index (κ2) is 8.97. The van der Waals surface area contributed by atoms with Crippen molar-refractivity contribution < 1.29 is 44.1 Å². The van der Waals surface area contributed by atoms with Crippen LogP contribution in [0.5, 0.6) is 11.5 Å². The molecule has 0 saturated carbocycles. The van der Waals surface area contributed by atoms with E-state index in [0.717, 1.165) is 16.7 Å². The lowest BCUT2D eigenvalue weighted by Crippen LogP contribution is -2.36. The highest BCUT2D eigenvalue weighted by Crippen LogP contribution is 2.33. The summed E-state index contributed by atoms with van der Waals surface area (Å²) in [5, 5.41) is 37.6. The zero-order valence-electron chi connectivity index (χ0n) is 14.3. The number of rotatable bonds is 8. The molecule has 1 saturated heterocycles. The number of cyclic esters (lactones) is 1. The molecule has 1 aromatic rings. The molecule has 1 unspecified atom stereocenters. The van der Waals surface area contributed by atoms with Crippen LogP contribution in [0.3, 0.4) is 0 Å². The summed E-state index contributed by atoms with van der Waals surface area (Å²) in [7, 11) is -0.588. The Morgan fingerprint density at radius 1 is 1.41 bits per heavy atom. The van der Waals surface area contributed by atoms with Gasteiger partial charge in [-0.1, -0.05) is 6.07 Å². The van der Waals surface area contributed by atoms with E-state index in [2.05, 4.69) is 4.74 Å². The number of carbonyl (C=O) groups excluding carboxylic acids is 2. The van der Waals surface area contributed by atoms with Crippen LogP contribution in [0.1, 0.15) is 15.9 Å². The Morgan fingerprint density at radius 3 is 2.63 bits per heavy atom. The van der Waals surface area contributed by atoms with E-state index in [1.165, 1.54) is 19.2 Å². The SMILES string of the molecule is COc1ccc(CC(SCC(=O)N2CCOC2=O)B(O)O)c(O)c1C(=O)O. The number of imide groups is 1. The van der Waals surface area contributed by atoms with Crippen LogP contribution >= 0.6 is 11.8 Å². The van der Waals surface area contributed by atoms with Crippen LogP contribution in [0.2, 0.25) is 0 Å². The Kier molecular flexibility index (Phi) is 6.94. The van der Waals surface area contributed by atoms with Crippen LogP contribution in [0.25, 0.3) is 0 Å². The lowest BCUT2D eigenvalue weighted by molar-refractivity contribution is -0.125. The molecule has 4 N–H and O–H groups in total. The number of amides is 2. The van der Waals surface area contributed by atoms with Gasteiger partial charge < -0.3 is 29.7 Å². The number of hydrogen-bond donors (Lipinski definition) is 4. The second-order valence-corrected chi connectivity index (χ2v) is 6.81. The van der Waals surface area contributed by atoms with Crippen LogP contribution in [0, 0.1) is 0 Å². The summed E-state index contributed by atoms with van der Waals surface area (Å²) in [5.74, 6) is -2.76. The molecule has 1 aliphatic heterocycles. The van der Waals surface area contributed by atoms with E-state index in [9.17, 15) is 34.6 Å². The summed E-state index contributed by atoms with van der Waals surface area (Å²) in [6.07, 6.45) is -0.878. The third kappa shape index (κ3) is 4.84. The first-order valence-electron chi connectivity index (χ1n) is 7.83. The number of aromatic carboxylic acids is 1. The fraction of sp³-hybridized carbons (Fsp3) is 0.400. The van der Waals surface area contributed by atoms with Crippen molar-refractivity contribution in [2.24, 2.45) is 0 Å². The average molecular weight is 399 g/mol. The molecule has 1 aliphatic rings. The summed E-state index contributed by atoms with van der Waals surface area (Å²) in [6.45, 7) is 0.241. The van der Waals surface area contributed by atoms with E-state index in [4.69, 9.17) is 4.74 Å². The molecule has 2 amide bonds. The highest BCUT2D eigenvalue weighted by Gasteiger charge is 2.32. The van der Waals surface area contributed by atoms with Crippen molar-refractivity contribution in [3.05, 3.63) is 23.3 Å². The average Bonchev–Trinajstić information content (AvgIpc) is 3.04. The molecule has 2 rings (SSSR count). The molecule has 0 aliphatic carbocycles. The third-order valence-electron chi connectivity index (χ3n) is 3.89. The Morgan fingerprint density at radius 2 is 2.11 bits per heavy atom. The number of benzene rings is 1. The van der Waals surface area contributed by atoms with Gasteiger partial charge in [-0.05, 0) is 18.1 Å². The fourth-order valence-electron chi connectivity index (χ4n) is 2.50. The molecule has 1 aromatic carbocycles. The predicted molar refractivity (Wildman–Crippen MR) is 94.8 cm³/mol. The van der Waals surface area contributed by atoms with Gasteiger partial charge in [-0.3, -0.25) is 4.79 Å². The standard InChI is InChI=1S/C15H18BNO9S/c1-25-9-3-2-8(13(19)12(9)14(20)21)6-10(16(23)24)27-7-11(18)17-4-5-26-15(17)22/h2-3,10,19,23-24H,4-7H2,1H3,(H,20,21).